The van der Waals surface area contributed by atoms with Gasteiger partial charge in [0.25, 0.3) is 0 Å². The van der Waals surface area contributed by atoms with Gasteiger partial charge in [-0.1, -0.05) is 24.8 Å². The lowest BCUT2D eigenvalue weighted by Gasteiger charge is -1.88. The third kappa shape index (κ3) is 0.475. The molecule has 0 N–H and O–H groups in total. The Hall–Kier alpha value is -1.50. The molecule has 1 heterocycles. The minimum atomic E-state index is 1.04. The van der Waals surface area contributed by atoms with Crippen LogP contribution < -0.4 is 0 Å². The average Bonchev–Trinajstić information content (AvgIpc) is 2.53. The Bertz CT molecular complexity index is 423. The first-order valence-corrected chi connectivity index (χ1v) is 3.59. The van der Waals surface area contributed by atoms with E-state index in [0.717, 1.165) is 11.5 Å². The zero-order valence-corrected chi connectivity index (χ0v) is 5.92. The smallest absolute Gasteiger partial charge is 0.178 e. The van der Waals surface area contributed by atoms with E-state index in [4.69, 9.17) is 4.42 Å². The van der Waals surface area contributed by atoms with Crippen LogP contribution in [0.2, 0.25) is 0 Å². The largest absolute Gasteiger partial charge is 0.449 e. The molecule has 0 bridgehead atoms. The van der Waals surface area contributed by atoms with Gasteiger partial charge in [0.15, 0.2) is 11.5 Å². The molecular formula is C10H6O. The van der Waals surface area contributed by atoms with Gasteiger partial charge in [-0.3, -0.25) is 0 Å². The van der Waals surface area contributed by atoms with Crippen LogP contribution in [0.1, 0.15) is 5.56 Å². The second-order valence-corrected chi connectivity index (χ2v) is 2.76. The summed E-state index contributed by atoms with van der Waals surface area (Å²) in [5.74, 6) is 2.10. The maximum Gasteiger partial charge on any atom is 0.178 e. The van der Waals surface area contributed by atoms with Crippen molar-refractivity contribution in [3.05, 3.63) is 30.3 Å². The Morgan fingerprint density at radius 3 is 3.09 bits per heavy atom. The lowest BCUT2D eigenvalue weighted by Crippen LogP contribution is -1.65. The van der Waals surface area contributed by atoms with Crippen LogP contribution in [0.4, 0.5) is 0 Å². The predicted molar refractivity (Wildman–Crippen MR) is 44.4 cm³/mol. The van der Waals surface area contributed by atoms with Crippen LogP contribution >= 0.6 is 0 Å². The van der Waals surface area contributed by atoms with E-state index >= 15 is 0 Å². The Labute approximate surface area is 64.3 Å². The molecule has 3 aliphatic rings. The summed E-state index contributed by atoms with van der Waals surface area (Å²) >= 11 is 0. The van der Waals surface area contributed by atoms with E-state index in [1.165, 1.54) is 16.7 Å². The molecule has 52 valence electrons. The highest BCUT2D eigenvalue weighted by Gasteiger charge is 2.29. The van der Waals surface area contributed by atoms with Crippen LogP contribution in [0.5, 0.6) is 0 Å². The van der Waals surface area contributed by atoms with Gasteiger partial charge in [-0.25, -0.2) is 0 Å². The molecular weight excluding hydrogens is 136 g/mol. The van der Waals surface area contributed by atoms with Gasteiger partial charge in [-0.2, -0.15) is 0 Å². The summed E-state index contributed by atoms with van der Waals surface area (Å²) in [6.07, 6.45) is 1.87. The first-order chi connectivity index (χ1) is 5.40. The van der Waals surface area contributed by atoms with Crippen LogP contribution in [0.15, 0.2) is 29.2 Å². The fourth-order valence-corrected chi connectivity index (χ4v) is 1.56. The van der Waals surface area contributed by atoms with Crippen molar-refractivity contribution in [3.63, 3.8) is 0 Å². The highest BCUT2D eigenvalue weighted by molar-refractivity contribution is 5.95. The molecule has 0 saturated heterocycles. The van der Waals surface area contributed by atoms with Gasteiger partial charge in [0, 0.05) is 5.56 Å². The van der Waals surface area contributed by atoms with Crippen LogP contribution in [-0.2, 0) is 0 Å². The van der Waals surface area contributed by atoms with Crippen molar-refractivity contribution in [2.75, 3.05) is 0 Å². The maximum atomic E-state index is 5.21. The van der Waals surface area contributed by atoms with E-state index in [-0.39, 0.29) is 0 Å². The van der Waals surface area contributed by atoms with Crippen molar-refractivity contribution in [2.24, 2.45) is 0 Å². The van der Waals surface area contributed by atoms with E-state index in [1.807, 2.05) is 6.08 Å². The first kappa shape index (κ1) is 5.19. The fraction of sp³-hybridized carbons (Fsp3) is 0. The van der Waals surface area contributed by atoms with Gasteiger partial charge in [-0.15, -0.1) is 0 Å². The molecule has 0 aromatic rings. The molecule has 2 aliphatic carbocycles. The molecule has 0 unspecified atom stereocenters. The SMILES string of the molecule is C=Cc1ccc2cc3oc-3c1-2. The number of hydrogen-bond donors (Lipinski definition) is 0. The molecule has 0 radical (unpaired) electrons. The van der Waals surface area contributed by atoms with Gasteiger partial charge >= 0.3 is 0 Å². The third-order valence-electron chi connectivity index (χ3n) is 2.15. The van der Waals surface area contributed by atoms with E-state index in [1.54, 1.807) is 0 Å². The number of fused-ring (bicyclic) bond motifs is 3. The molecule has 1 nitrogen and oxygen atoms in total. The van der Waals surface area contributed by atoms with Gasteiger partial charge in [-0.05, 0) is 17.2 Å². The summed E-state index contributed by atoms with van der Waals surface area (Å²) in [6, 6.07) is 6.24. The van der Waals surface area contributed by atoms with Crippen LogP contribution in [0.25, 0.3) is 28.7 Å². The van der Waals surface area contributed by atoms with E-state index in [2.05, 4.69) is 24.8 Å². The monoisotopic (exact) mass is 142 g/mol. The van der Waals surface area contributed by atoms with Crippen molar-refractivity contribution < 1.29 is 4.42 Å². The lowest BCUT2D eigenvalue weighted by atomic mass is 10.1. The molecule has 3 rings (SSSR count). The molecule has 0 spiro atoms. The summed E-state index contributed by atoms with van der Waals surface area (Å²) < 4.78 is 5.21. The summed E-state index contributed by atoms with van der Waals surface area (Å²) in [5, 5.41) is 0. The lowest BCUT2D eigenvalue weighted by molar-refractivity contribution is 0.735. The van der Waals surface area contributed by atoms with Gasteiger partial charge in [0.05, 0.1) is 0 Å². The second-order valence-electron chi connectivity index (χ2n) is 2.76. The van der Waals surface area contributed by atoms with Gasteiger partial charge in [0.2, 0.25) is 0 Å². The second kappa shape index (κ2) is 1.40. The molecule has 0 fully saturated rings. The third-order valence-corrected chi connectivity index (χ3v) is 2.15. The summed E-state index contributed by atoms with van der Waals surface area (Å²) in [4.78, 5) is 0. The molecule has 1 heteroatoms. The summed E-state index contributed by atoms with van der Waals surface area (Å²) in [5.41, 5.74) is 3.69. The molecule has 11 heavy (non-hydrogen) atoms. The zero-order chi connectivity index (χ0) is 7.42. The van der Waals surface area contributed by atoms with E-state index < -0.39 is 0 Å². The van der Waals surface area contributed by atoms with Crippen molar-refractivity contribution in [1.29, 1.82) is 0 Å². The minimum absolute atomic E-state index is 1.04. The Balaban J connectivity index is 2.44. The average molecular weight is 142 g/mol. The van der Waals surface area contributed by atoms with Crippen molar-refractivity contribution >= 4 is 6.08 Å². The van der Waals surface area contributed by atoms with Crippen molar-refractivity contribution in [3.8, 4) is 22.6 Å². The Morgan fingerprint density at radius 2 is 2.27 bits per heavy atom. The summed E-state index contributed by atoms with van der Waals surface area (Å²) in [6.45, 7) is 3.74. The molecule has 0 atom stereocenters. The Morgan fingerprint density at radius 1 is 1.36 bits per heavy atom. The standard InChI is InChI=1S/C10H6O/c1-2-6-3-4-7-5-8-10(11-8)9(6)7/h2-5H,1H2. The van der Waals surface area contributed by atoms with Crippen LogP contribution in [-0.4, -0.2) is 0 Å². The number of hydrogen-bond acceptors (Lipinski definition) is 1. The number of rotatable bonds is 1. The highest BCUT2D eigenvalue weighted by Crippen LogP contribution is 2.49. The molecule has 0 aromatic heterocycles. The Kier molecular flexibility index (Phi) is 0.659. The molecule has 0 amide bonds. The molecule has 0 aromatic carbocycles. The quantitative estimate of drug-likeness (QED) is 0.509. The van der Waals surface area contributed by atoms with Crippen LogP contribution in [0.3, 0.4) is 0 Å². The fourth-order valence-electron chi connectivity index (χ4n) is 1.56. The highest BCUT2D eigenvalue weighted by atomic mass is 16.4. The first-order valence-electron chi connectivity index (χ1n) is 3.59. The van der Waals surface area contributed by atoms with Gasteiger partial charge < -0.3 is 4.42 Å². The van der Waals surface area contributed by atoms with Crippen LogP contribution in [0, 0.1) is 0 Å². The molecule has 0 saturated carbocycles. The summed E-state index contributed by atoms with van der Waals surface area (Å²) in [7, 11) is 0. The minimum Gasteiger partial charge on any atom is -0.449 e. The van der Waals surface area contributed by atoms with E-state index in [0.29, 0.717) is 0 Å². The van der Waals surface area contributed by atoms with Crippen molar-refractivity contribution in [2.45, 2.75) is 0 Å². The zero-order valence-electron chi connectivity index (χ0n) is 5.92. The van der Waals surface area contributed by atoms with Crippen molar-refractivity contribution in [1.82, 2.24) is 0 Å². The topological polar surface area (TPSA) is 13.1 Å². The van der Waals surface area contributed by atoms with E-state index in [9.17, 15) is 0 Å². The van der Waals surface area contributed by atoms with Gasteiger partial charge in [0.1, 0.15) is 0 Å². The predicted octanol–water partition coefficient (Wildman–Crippen LogP) is 3.01. The normalized spacial score (nSPS) is 12.0. The maximum absolute atomic E-state index is 5.21. The molecule has 1 aliphatic heterocycles.